The molecular weight excluding hydrogens is 220 g/mol. The molecule has 1 aliphatic heterocycles. The highest BCUT2D eigenvalue weighted by Gasteiger charge is 2.21. The van der Waals surface area contributed by atoms with E-state index in [1.165, 1.54) is 9.75 Å². The normalized spacial score (nSPS) is 25.1. The van der Waals surface area contributed by atoms with Crippen LogP contribution in [0.25, 0.3) is 0 Å². The van der Waals surface area contributed by atoms with Crippen molar-refractivity contribution in [3.8, 4) is 0 Å². The smallest absolute Gasteiger partial charge is 0.0680 e. The Kier molecular flexibility index (Phi) is 4.35. The predicted molar refractivity (Wildman–Crippen MR) is 67.8 cm³/mol. The largest absolute Gasteiger partial charge is 0.392 e. The fourth-order valence-corrected chi connectivity index (χ4v) is 2.96. The Morgan fingerprint density at radius 2 is 2.31 bits per heavy atom. The van der Waals surface area contributed by atoms with Gasteiger partial charge in [0.25, 0.3) is 0 Å². The molecule has 16 heavy (non-hydrogen) atoms. The highest BCUT2D eigenvalue weighted by Crippen LogP contribution is 2.16. The molecular formula is C12H20N2OS. The summed E-state index contributed by atoms with van der Waals surface area (Å²) in [5.74, 6) is 0. The van der Waals surface area contributed by atoms with E-state index in [4.69, 9.17) is 0 Å². The van der Waals surface area contributed by atoms with Crippen molar-refractivity contribution in [1.82, 2.24) is 10.6 Å². The molecule has 0 amide bonds. The van der Waals surface area contributed by atoms with Gasteiger partial charge < -0.3 is 15.7 Å². The van der Waals surface area contributed by atoms with E-state index in [9.17, 15) is 5.11 Å². The monoisotopic (exact) mass is 240 g/mol. The number of β-amino-alcohol motifs (C(OH)–C–C–N with tert-alkyl or cyclic N) is 1. The average Bonchev–Trinajstić information content (AvgIpc) is 2.88. The van der Waals surface area contributed by atoms with E-state index in [-0.39, 0.29) is 6.10 Å². The highest BCUT2D eigenvalue weighted by molar-refractivity contribution is 7.11. The number of nitrogens with one attached hydrogen (secondary N) is 2. The third-order valence-electron chi connectivity index (χ3n) is 2.95. The summed E-state index contributed by atoms with van der Waals surface area (Å²) in [4.78, 5) is 2.85. The van der Waals surface area contributed by atoms with Crippen LogP contribution in [0.2, 0.25) is 0 Å². The molecule has 0 radical (unpaired) electrons. The van der Waals surface area contributed by atoms with Gasteiger partial charge in [0.05, 0.1) is 6.10 Å². The first kappa shape index (κ1) is 12.0. The van der Waals surface area contributed by atoms with E-state index in [0.29, 0.717) is 6.04 Å². The van der Waals surface area contributed by atoms with Gasteiger partial charge in [0, 0.05) is 35.4 Å². The van der Waals surface area contributed by atoms with Gasteiger partial charge in [0.2, 0.25) is 0 Å². The van der Waals surface area contributed by atoms with Gasteiger partial charge in [0.15, 0.2) is 0 Å². The Balaban J connectivity index is 1.67. The Labute approximate surface area is 101 Å². The number of hydrogen-bond acceptors (Lipinski definition) is 4. The second-order valence-electron chi connectivity index (χ2n) is 4.35. The van der Waals surface area contributed by atoms with Crippen LogP contribution in [0.1, 0.15) is 23.1 Å². The summed E-state index contributed by atoms with van der Waals surface area (Å²) in [6.45, 7) is 4.81. The Bertz CT molecular complexity index is 327. The molecule has 90 valence electrons. The van der Waals surface area contributed by atoms with Crippen molar-refractivity contribution >= 4 is 11.3 Å². The third kappa shape index (κ3) is 3.28. The summed E-state index contributed by atoms with van der Waals surface area (Å²) in [5, 5.41) is 16.1. The van der Waals surface area contributed by atoms with Gasteiger partial charge in [-0.1, -0.05) is 6.92 Å². The second kappa shape index (κ2) is 5.77. The summed E-state index contributed by atoms with van der Waals surface area (Å²) in [6, 6.07) is 4.84. The van der Waals surface area contributed by atoms with Crippen LogP contribution in [-0.2, 0) is 13.0 Å². The molecule has 2 rings (SSSR count). The average molecular weight is 240 g/mol. The van der Waals surface area contributed by atoms with Crippen molar-refractivity contribution in [2.45, 2.75) is 38.5 Å². The van der Waals surface area contributed by atoms with Gasteiger partial charge in [-0.15, -0.1) is 11.3 Å². The third-order valence-corrected chi connectivity index (χ3v) is 4.18. The molecule has 3 nitrogen and oxygen atoms in total. The van der Waals surface area contributed by atoms with E-state index in [0.717, 1.165) is 32.5 Å². The van der Waals surface area contributed by atoms with E-state index in [1.807, 2.05) is 11.3 Å². The van der Waals surface area contributed by atoms with Crippen LogP contribution >= 0.6 is 11.3 Å². The van der Waals surface area contributed by atoms with Gasteiger partial charge in [0.1, 0.15) is 0 Å². The van der Waals surface area contributed by atoms with Crippen molar-refractivity contribution in [3.63, 3.8) is 0 Å². The molecule has 1 aromatic heterocycles. The predicted octanol–water partition coefficient (Wildman–Crippen LogP) is 1.12. The van der Waals surface area contributed by atoms with Crippen LogP contribution in [0.4, 0.5) is 0 Å². The minimum Gasteiger partial charge on any atom is -0.392 e. The SMILES string of the molecule is CCc1ccc(CNCC2CC(O)CN2)s1. The van der Waals surface area contributed by atoms with Crippen molar-refractivity contribution in [2.75, 3.05) is 13.1 Å². The Morgan fingerprint density at radius 1 is 1.50 bits per heavy atom. The number of rotatable bonds is 5. The molecule has 0 aliphatic carbocycles. The second-order valence-corrected chi connectivity index (χ2v) is 5.60. The fourth-order valence-electron chi connectivity index (χ4n) is 2.03. The molecule has 0 saturated carbocycles. The number of hydrogen-bond donors (Lipinski definition) is 3. The number of aryl methyl sites for hydroxylation is 1. The molecule has 3 N–H and O–H groups in total. The van der Waals surface area contributed by atoms with Crippen molar-refractivity contribution < 1.29 is 5.11 Å². The molecule has 4 heteroatoms. The van der Waals surface area contributed by atoms with Crippen LogP contribution in [-0.4, -0.2) is 30.3 Å². The molecule has 2 unspecified atom stereocenters. The lowest BCUT2D eigenvalue weighted by molar-refractivity contribution is 0.193. The maximum atomic E-state index is 9.36. The summed E-state index contributed by atoms with van der Waals surface area (Å²) >= 11 is 1.88. The lowest BCUT2D eigenvalue weighted by atomic mass is 10.2. The zero-order valence-corrected chi connectivity index (χ0v) is 10.5. The molecule has 0 aromatic carbocycles. The van der Waals surface area contributed by atoms with Gasteiger partial charge >= 0.3 is 0 Å². The van der Waals surface area contributed by atoms with Crippen LogP contribution < -0.4 is 10.6 Å². The number of aliphatic hydroxyl groups is 1. The maximum Gasteiger partial charge on any atom is 0.0680 e. The fraction of sp³-hybridized carbons (Fsp3) is 0.667. The first-order valence-electron chi connectivity index (χ1n) is 5.97. The van der Waals surface area contributed by atoms with Gasteiger partial charge in [-0.05, 0) is 25.0 Å². The topological polar surface area (TPSA) is 44.3 Å². The molecule has 1 aromatic rings. The molecule has 1 saturated heterocycles. The molecule has 1 fully saturated rings. The Morgan fingerprint density at radius 3 is 2.94 bits per heavy atom. The molecule has 0 spiro atoms. The molecule has 1 aliphatic rings. The van der Waals surface area contributed by atoms with E-state index in [1.54, 1.807) is 0 Å². The van der Waals surface area contributed by atoms with Crippen molar-refractivity contribution in [1.29, 1.82) is 0 Å². The van der Waals surface area contributed by atoms with Crippen LogP contribution in [0, 0.1) is 0 Å². The van der Waals surface area contributed by atoms with E-state index in [2.05, 4.69) is 29.7 Å². The lowest BCUT2D eigenvalue weighted by Crippen LogP contribution is -2.33. The van der Waals surface area contributed by atoms with Crippen LogP contribution in [0.3, 0.4) is 0 Å². The minimum absolute atomic E-state index is 0.153. The van der Waals surface area contributed by atoms with Crippen LogP contribution in [0.5, 0.6) is 0 Å². The quantitative estimate of drug-likeness (QED) is 0.723. The molecule has 2 heterocycles. The first-order valence-corrected chi connectivity index (χ1v) is 6.79. The van der Waals surface area contributed by atoms with Gasteiger partial charge in [-0.2, -0.15) is 0 Å². The zero-order valence-electron chi connectivity index (χ0n) is 9.70. The van der Waals surface area contributed by atoms with Gasteiger partial charge in [-0.25, -0.2) is 0 Å². The minimum atomic E-state index is -0.153. The summed E-state index contributed by atoms with van der Waals surface area (Å²) in [7, 11) is 0. The van der Waals surface area contributed by atoms with Gasteiger partial charge in [-0.3, -0.25) is 0 Å². The zero-order chi connectivity index (χ0) is 11.4. The standard InChI is InChI=1S/C12H20N2OS/c1-2-11-3-4-12(16-11)8-13-6-9-5-10(15)7-14-9/h3-4,9-10,13-15H,2,5-8H2,1H3. The Hall–Kier alpha value is -0.420. The van der Waals surface area contributed by atoms with E-state index >= 15 is 0 Å². The maximum absolute atomic E-state index is 9.36. The molecule has 0 bridgehead atoms. The number of aliphatic hydroxyl groups excluding tert-OH is 1. The van der Waals surface area contributed by atoms with Crippen molar-refractivity contribution in [3.05, 3.63) is 21.9 Å². The summed E-state index contributed by atoms with van der Waals surface area (Å²) in [5.41, 5.74) is 0. The number of thiophene rings is 1. The van der Waals surface area contributed by atoms with E-state index < -0.39 is 0 Å². The summed E-state index contributed by atoms with van der Waals surface area (Å²) in [6.07, 6.45) is 1.85. The highest BCUT2D eigenvalue weighted by atomic mass is 32.1. The first-order chi connectivity index (χ1) is 7.78. The lowest BCUT2D eigenvalue weighted by Gasteiger charge is -2.10. The van der Waals surface area contributed by atoms with Crippen LogP contribution in [0.15, 0.2) is 12.1 Å². The van der Waals surface area contributed by atoms with Crippen molar-refractivity contribution in [2.24, 2.45) is 0 Å². The molecule has 2 atom stereocenters. The summed E-state index contributed by atoms with van der Waals surface area (Å²) < 4.78 is 0.